The Labute approximate surface area is 166 Å². The third-order valence-electron chi connectivity index (χ3n) is 4.23. The van der Waals surface area contributed by atoms with Gasteiger partial charge in [-0.05, 0) is 46.2 Å². The van der Waals surface area contributed by atoms with Crippen molar-refractivity contribution < 1.29 is 23.8 Å². The second-order valence-corrected chi connectivity index (χ2v) is 8.49. The minimum absolute atomic E-state index is 0.0184. The number of nitrogens with zero attached hydrogens (tertiary/aromatic N) is 2. The molecule has 1 atom stereocenters. The summed E-state index contributed by atoms with van der Waals surface area (Å²) in [4.78, 5) is 30.6. The molecule has 8 nitrogen and oxygen atoms in total. The summed E-state index contributed by atoms with van der Waals surface area (Å²) in [7, 11) is 1.32. The van der Waals surface area contributed by atoms with Crippen molar-refractivity contribution in [1.82, 2.24) is 10.3 Å². The Hall–Kier alpha value is -2.35. The normalized spacial score (nSPS) is 17.6. The minimum atomic E-state index is -0.640. The first-order valence-corrected chi connectivity index (χ1v) is 9.39. The number of aromatic nitrogens is 1. The van der Waals surface area contributed by atoms with E-state index in [1.54, 1.807) is 33.2 Å². The van der Waals surface area contributed by atoms with Gasteiger partial charge in [0.25, 0.3) is 0 Å². The lowest BCUT2D eigenvalue weighted by atomic mass is 10.0. The molecule has 1 saturated heterocycles. The number of nitrogens with one attached hydrogen (secondary N) is 1. The molecule has 28 heavy (non-hydrogen) atoms. The van der Waals surface area contributed by atoms with Gasteiger partial charge in [-0.1, -0.05) is 0 Å². The van der Waals surface area contributed by atoms with E-state index in [9.17, 15) is 9.59 Å². The van der Waals surface area contributed by atoms with Gasteiger partial charge in [-0.15, -0.1) is 0 Å². The largest absolute Gasteiger partial charge is 0.469 e. The molecule has 0 saturated carbocycles. The first kappa shape index (κ1) is 21.9. The quantitative estimate of drug-likeness (QED) is 0.769. The van der Waals surface area contributed by atoms with Crippen LogP contribution < -0.4 is 10.2 Å². The average Bonchev–Trinajstić information content (AvgIpc) is 2.58. The third kappa shape index (κ3) is 6.67. The Kier molecular flexibility index (Phi) is 6.87. The smallest absolute Gasteiger partial charge is 0.408 e. The number of pyridine rings is 1. The molecule has 1 aliphatic heterocycles. The first-order chi connectivity index (χ1) is 13.0. The van der Waals surface area contributed by atoms with E-state index in [4.69, 9.17) is 14.2 Å². The highest BCUT2D eigenvalue weighted by Gasteiger charge is 2.28. The van der Waals surface area contributed by atoms with Gasteiger partial charge in [0, 0.05) is 19.3 Å². The Morgan fingerprint density at radius 3 is 2.68 bits per heavy atom. The van der Waals surface area contributed by atoms with Crippen molar-refractivity contribution in [3.05, 3.63) is 24.0 Å². The molecule has 156 valence electrons. The van der Waals surface area contributed by atoms with Crippen LogP contribution >= 0.6 is 0 Å². The molecule has 8 heteroatoms. The number of esters is 1. The van der Waals surface area contributed by atoms with E-state index in [-0.39, 0.29) is 12.0 Å². The van der Waals surface area contributed by atoms with Crippen molar-refractivity contribution in [1.29, 1.82) is 0 Å². The maximum Gasteiger partial charge on any atom is 0.408 e. The number of morpholine rings is 1. The fourth-order valence-corrected chi connectivity index (χ4v) is 3.00. The Morgan fingerprint density at radius 2 is 2.07 bits per heavy atom. The highest BCUT2D eigenvalue weighted by atomic mass is 16.6. The molecule has 0 spiro atoms. The van der Waals surface area contributed by atoms with E-state index >= 15 is 0 Å². The second kappa shape index (κ2) is 8.77. The predicted octanol–water partition coefficient (Wildman–Crippen LogP) is 2.83. The molecular formula is C20H31N3O5. The molecule has 0 aromatic carbocycles. The summed E-state index contributed by atoms with van der Waals surface area (Å²) in [5, 5.41) is 2.76. The molecule has 1 N–H and O–H groups in total. The lowest BCUT2D eigenvalue weighted by molar-refractivity contribution is -0.141. The van der Waals surface area contributed by atoms with Gasteiger partial charge in [-0.2, -0.15) is 0 Å². The van der Waals surface area contributed by atoms with E-state index in [2.05, 4.69) is 15.2 Å². The van der Waals surface area contributed by atoms with Gasteiger partial charge in [0.15, 0.2) is 0 Å². The van der Waals surface area contributed by atoms with Gasteiger partial charge in [0.05, 0.1) is 43.7 Å². The Balaban J connectivity index is 2.22. The fraction of sp³-hybridized carbons (Fsp3) is 0.650. The standard InChI is InChI=1S/C20H31N3O5/c1-19(2,3)28-18(25)22-16(10-17(24)26-6)14-9-15(12-21-11-14)23-7-8-27-20(4,5)13-23/h9,11-12,16H,7-8,10,13H2,1-6H3,(H,22,25)/t16-/m0/s1. The minimum Gasteiger partial charge on any atom is -0.469 e. The van der Waals surface area contributed by atoms with E-state index < -0.39 is 23.7 Å². The summed E-state index contributed by atoms with van der Waals surface area (Å²) in [5.41, 5.74) is 0.723. The van der Waals surface area contributed by atoms with Gasteiger partial charge in [0.2, 0.25) is 0 Å². The molecule has 0 aliphatic carbocycles. The van der Waals surface area contributed by atoms with Crippen LogP contribution in [0, 0.1) is 0 Å². The van der Waals surface area contributed by atoms with Crippen LogP contribution in [0.2, 0.25) is 0 Å². The maximum absolute atomic E-state index is 12.3. The number of rotatable bonds is 5. The fourth-order valence-electron chi connectivity index (χ4n) is 3.00. The zero-order chi connectivity index (χ0) is 20.9. The maximum atomic E-state index is 12.3. The number of anilines is 1. The number of carbonyl (C=O) groups is 2. The van der Waals surface area contributed by atoms with E-state index in [1.807, 2.05) is 19.9 Å². The second-order valence-electron chi connectivity index (χ2n) is 8.49. The zero-order valence-corrected chi connectivity index (χ0v) is 17.6. The van der Waals surface area contributed by atoms with Crippen LogP contribution in [-0.4, -0.2) is 55.1 Å². The molecule has 0 unspecified atom stereocenters. The van der Waals surface area contributed by atoms with Crippen LogP contribution in [0.1, 0.15) is 52.6 Å². The topological polar surface area (TPSA) is 90.0 Å². The molecule has 1 aromatic heterocycles. The van der Waals surface area contributed by atoms with E-state index in [0.29, 0.717) is 12.2 Å². The molecule has 0 bridgehead atoms. The summed E-state index contributed by atoms with van der Waals surface area (Å²) in [6, 6.07) is 1.32. The van der Waals surface area contributed by atoms with Crippen molar-refractivity contribution >= 4 is 17.7 Å². The average molecular weight is 393 g/mol. The lowest BCUT2D eigenvalue weighted by Gasteiger charge is -2.39. The number of methoxy groups -OCH3 is 1. The van der Waals surface area contributed by atoms with Crippen LogP contribution in [0.5, 0.6) is 0 Å². The lowest BCUT2D eigenvalue weighted by Crippen LogP contribution is -2.48. The zero-order valence-electron chi connectivity index (χ0n) is 17.6. The van der Waals surface area contributed by atoms with Crippen molar-refractivity contribution in [2.75, 3.05) is 31.7 Å². The number of carbonyl (C=O) groups excluding carboxylic acids is 2. The van der Waals surface area contributed by atoms with Crippen LogP contribution in [-0.2, 0) is 19.0 Å². The van der Waals surface area contributed by atoms with Gasteiger partial charge in [-0.25, -0.2) is 4.79 Å². The van der Waals surface area contributed by atoms with Crippen molar-refractivity contribution in [3.63, 3.8) is 0 Å². The monoisotopic (exact) mass is 393 g/mol. The van der Waals surface area contributed by atoms with Crippen LogP contribution in [0.25, 0.3) is 0 Å². The molecule has 2 heterocycles. The Morgan fingerprint density at radius 1 is 1.36 bits per heavy atom. The molecule has 0 radical (unpaired) electrons. The van der Waals surface area contributed by atoms with E-state index in [1.165, 1.54) is 7.11 Å². The van der Waals surface area contributed by atoms with Gasteiger partial charge >= 0.3 is 12.1 Å². The molecule has 2 rings (SSSR count). The van der Waals surface area contributed by atoms with Crippen molar-refractivity contribution in [2.45, 2.75) is 58.3 Å². The van der Waals surface area contributed by atoms with Gasteiger partial charge in [-0.3, -0.25) is 9.78 Å². The van der Waals surface area contributed by atoms with Gasteiger partial charge < -0.3 is 24.4 Å². The van der Waals surface area contributed by atoms with Crippen molar-refractivity contribution in [3.8, 4) is 0 Å². The number of amides is 1. The first-order valence-electron chi connectivity index (χ1n) is 9.39. The highest BCUT2D eigenvalue weighted by molar-refractivity contribution is 5.73. The summed E-state index contributed by atoms with van der Waals surface area (Å²) in [5.74, 6) is -0.432. The molecule has 1 aliphatic rings. The SMILES string of the molecule is COC(=O)C[C@H](NC(=O)OC(C)(C)C)c1cncc(N2CCOC(C)(C)C2)c1. The third-order valence-corrected chi connectivity index (χ3v) is 4.23. The highest BCUT2D eigenvalue weighted by Crippen LogP contribution is 2.26. The Bertz CT molecular complexity index is 699. The molecule has 1 fully saturated rings. The van der Waals surface area contributed by atoms with Crippen LogP contribution in [0.3, 0.4) is 0 Å². The van der Waals surface area contributed by atoms with Crippen LogP contribution in [0.15, 0.2) is 18.5 Å². The summed E-state index contributed by atoms with van der Waals surface area (Å²) in [6.45, 7) is 11.5. The summed E-state index contributed by atoms with van der Waals surface area (Å²) in [6.07, 6.45) is 2.79. The number of alkyl carbamates (subject to hydrolysis) is 1. The number of hydrogen-bond acceptors (Lipinski definition) is 7. The number of hydrogen-bond donors (Lipinski definition) is 1. The number of ether oxygens (including phenoxy) is 3. The van der Waals surface area contributed by atoms with E-state index in [0.717, 1.165) is 18.8 Å². The molecule has 1 amide bonds. The van der Waals surface area contributed by atoms with Crippen molar-refractivity contribution in [2.24, 2.45) is 0 Å². The summed E-state index contributed by atoms with van der Waals surface area (Å²) < 4.78 is 15.9. The molecule has 1 aromatic rings. The summed E-state index contributed by atoms with van der Waals surface area (Å²) >= 11 is 0. The molecular weight excluding hydrogens is 362 g/mol. The predicted molar refractivity (Wildman–Crippen MR) is 105 cm³/mol. The van der Waals surface area contributed by atoms with Crippen LogP contribution in [0.4, 0.5) is 10.5 Å². The van der Waals surface area contributed by atoms with Gasteiger partial charge in [0.1, 0.15) is 5.60 Å².